The Morgan fingerprint density at radius 1 is 1.27 bits per heavy atom. The maximum atomic E-state index is 12.8. The molecule has 2 amide bonds. The van der Waals surface area contributed by atoms with Gasteiger partial charge < -0.3 is 15.5 Å². The summed E-state index contributed by atoms with van der Waals surface area (Å²) < 4.78 is 38.3. The van der Waals surface area contributed by atoms with Crippen LogP contribution < -0.4 is 15.5 Å². The van der Waals surface area contributed by atoms with Gasteiger partial charge in [0.05, 0.1) is 10.6 Å². The van der Waals surface area contributed by atoms with E-state index in [4.69, 9.17) is 11.6 Å². The Balaban J connectivity index is 1.67. The zero-order valence-corrected chi connectivity index (χ0v) is 16.9. The molecule has 11 heteroatoms. The van der Waals surface area contributed by atoms with Gasteiger partial charge in [0, 0.05) is 43.5 Å². The largest absolute Gasteiger partial charge is 0.417 e. The van der Waals surface area contributed by atoms with Gasteiger partial charge in [-0.15, -0.1) is 0 Å². The van der Waals surface area contributed by atoms with Crippen LogP contribution in [0.2, 0.25) is 5.02 Å². The lowest BCUT2D eigenvalue weighted by Gasteiger charge is -2.20. The monoisotopic (exact) mass is 441 g/mol. The SMILES string of the molecule is CC(=O)Nc1cc(C(=O)NC2CCN(c3ncc(C(F)(F)F)cc3Cl)C2)cc(C)n1. The van der Waals surface area contributed by atoms with E-state index in [1.165, 1.54) is 13.0 Å². The molecule has 1 fully saturated rings. The maximum Gasteiger partial charge on any atom is 0.417 e. The molecule has 30 heavy (non-hydrogen) atoms. The number of carbonyl (C=O) groups is 2. The number of nitrogens with one attached hydrogen (secondary N) is 2. The number of anilines is 2. The zero-order chi connectivity index (χ0) is 22.1. The summed E-state index contributed by atoms with van der Waals surface area (Å²) >= 11 is 6.01. The van der Waals surface area contributed by atoms with E-state index in [2.05, 4.69) is 20.6 Å². The Hall–Kier alpha value is -2.88. The van der Waals surface area contributed by atoms with Gasteiger partial charge in [-0.3, -0.25) is 9.59 Å². The molecule has 2 N–H and O–H groups in total. The van der Waals surface area contributed by atoms with E-state index in [0.29, 0.717) is 30.8 Å². The highest BCUT2D eigenvalue weighted by Crippen LogP contribution is 2.34. The van der Waals surface area contributed by atoms with Crippen molar-refractivity contribution < 1.29 is 22.8 Å². The number of aromatic nitrogens is 2. The average molecular weight is 442 g/mol. The summed E-state index contributed by atoms with van der Waals surface area (Å²) in [4.78, 5) is 33.6. The first kappa shape index (κ1) is 21.8. The van der Waals surface area contributed by atoms with Crippen LogP contribution in [0.15, 0.2) is 24.4 Å². The summed E-state index contributed by atoms with van der Waals surface area (Å²) in [5, 5.41) is 5.33. The minimum atomic E-state index is -4.52. The zero-order valence-electron chi connectivity index (χ0n) is 16.2. The summed E-state index contributed by atoms with van der Waals surface area (Å²) in [5.74, 6) is -0.118. The minimum Gasteiger partial charge on any atom is -0.353 e. The van der Waals surface area contributed by atoms with E-state index in [9.17, 15) is 22.8 Å². The number of nitrogens with zero attached hydrogens (tertiary/aromatic N) is 3. The van der Waals surface area contributed by atoms with Crippen molar-refractivity contribution in [2.45, 2.75) is 32.5 Å². The van der Waals surface area contributed by atoms with Crippen molar-refractivity contribution in [2.75, 3.05) is 23.3 Å². The molecule has 3 heterocycles. The number of amides is 2. The lowest BCUT2D eigenvalue weighted by Crippen LogP contribution is -2.37. The summed E-state index contributed by atoms with van der Waals surface area (Å²) in [6, 6.07) is 3.68. The molecule has 7 nitrogen and oxygen atoms in total. The quantitative estimate of drug-likeness (QED) is 0.759. The molecule has 1 saturated heterocycles. The molecular formula is C19H19ClF3N5O2. The van der Waals surface area contributed by atoms with Crippen LogP contribution >= 0.6 is 11.6 Å². The number of alkyl halides is 3. The van der Waals surface area contributed by atoms with Gasteiger partial charge in [-0.2, -0.15) is 13.2 Å². The second kappa shape index (κ2) is 8.47. The summed E-state index contributed by atoms with van der Waals surface area (Å²) in [5.41, 5.74) is -0.00102. The number of hydrogen-bond acceptors (Lipinski definition) is 5. The fraction of sp³-hybridized carbons (Fsp3) is 0.368. The summed E-state index contributed by atoms with van der Waals surface area (Å²) in [7, 11) is 0. The first-order valence-corrected chi connectivity index (χ1v) is 9.45. The molecule has 0 radical (unpaired) electrons. The van der Waals surface area contributed by atoms with Crippen LogP contribution in [0.3, 0.4) is 0 Å². The van der Waals surface area contributed by atoms with Crippen LogP contribution in [-0.4, -0.2) is 40.9 Å². The number of pyridine rings is 2. The molecule has 1 atom stereocenters. The molecule has 2 aromatic rings. The highest BCUT2D eigenvalue weighted by molar-refractivity contribution is 6.33. The van der Waals surface area contributed by atoms with Crippen molar-refractivity contribution in [1.82, 2.24) is 15.3 Å². The fourth-order valence-corrected chi connectivity index (χ4v) is 3.49. The van der Waals surface area contributed by atoms with Gasteiger partial charge in [0.15, 0.2) is 0 Å². The molecule has 160 valence electrons. The van der Waals surface area contributed by atoms with Gasteiger partial charge in [0.25, 0.3) is 5.91 Å². The van der Waals surface area contributed by atoms with Crippen molar-refractivity contribution in [3.8, 4) is 0 Å². The topological polar surface area (TPSA) is 87.2 Å². The smallest absolute Gasteiger partial charge is 0.353 e. The first-order chi connectivity index (χ1) is 14.0. The van der Waals surface area contributed by atoms with Gasteiger partial charge in [-0.05, 0) is 31.5 Å². The molecule has 0 spiro atoms. The Kier molecular flexibility index (Phi) is 6.16. The van der Waals surface area contributed by atoms with Gasteiger partial charge in [0.1, 0.15) is 11.6 Å². The van der Waals surface area contributed by atoms with E-state index in [0.717, 1.165) is 12.3 Å². The van der Waals surface area contributed by atoms with E-state index in [-0.39, 0.29) is 34.5 Å². The number of hydrogen-bond donors (Lipinski definition) is 2. The molecular weight excluding hydrogens is 423 g/mol. The Labute approximate surface area is 175 Å². The molecule has 1 aliphatic rings. The standard InChI is InChI=1S/C19H19ClF3N5O2/c1-10-5-12(6-16(25-10)26-11(2)29)18(30)27-14-3-4-28(9-14)17-15(20)7-13(8-24-17)19(21,22)23/h5-8,14H,3-4,9H2,1-2H3,(H,27,30)(H,25,26,29). The predicted molar refractivity (Wildman–Crippen MR) is 106 cm³/mol. The minimum absolute atomic E-state index is 0.0958. The lowest BCUT2D eigenvalue weighted by molar-refractivity contribution is -0.137. The number of carbonyl (C=O) groups excluding carboxylic acids is 2. The van der Waals surface area contributed by atoms with Gasteiger partial charge in [-0.25, -0.2) is 9.97 Å². The summed E-state index contributed by atoms with van der Waals surface area (Å²) in [6.45, 7) is 3.89. The van der Waals surface area contributed by atoms with Crippen molar-refractivity contribution >= 4 is 35.1 Å². The van der Waals surface area contributed by atoms with Crippen molar-refractivity contribution in [3.63, 3.8) is 0 Å². The van der Waals surface area contributed by atoms with Gasteiger partial charge >= 0.3 is 6.18 Å². The number of rotatable bonds is 4. The highest BCUT2D eigenvalue weighted by Gasteiger charge is 2.33. The first-order valence-electron chi connectivity index (χ1n) is 9.08. The van der Waals surface area contributed by atoms with Crippen LogP contribution in [0.4, 0.5) is 24.8 Å². The molecule has 0 aliphatic carbocycles. The average Bonchev–Trinajstić information content (AvgIpc) is 3.07. The van der Waals surface area contributed by atoms with Gasteiger partial charge in [0.2, 0.25) is 5.91 Å². The Morgan fingerprint density at radius 2 is 2.00 bits per heavy atom. The van der Waals surface area contributed by atoms with Crippen LogP contribution in [0.1, 0.15) is 35.0 Å². The second-order valence-electron chi connectivity index (χ2n) is 7.00. The van der Waals surface area contributed by atoms with Crippen molar-refractivity contribution in [2.24, 2.45) is 0 Å². The Bertz CT molecular complexity index is 983. The molecule has 0 aromatic carbocycles. The maximum absolute atomic E-state index is 12.8. The Morgan fingerprint density at radius 3 is 2.63 bits per heavy atom. The fourth-order valence-electron chi connectivity index (χ4n) is 3.20. The van der Waals surface area contributed by atoms with E-state index < -0.39 is 11.7 Å². The molecule has 1 aliphatic heterocycles. The normalized spacial score (nSPS) is 16.5. The highest BCUT2D eigenvalue weighted by atomic mass is 35.5. The van der Waals surface area contributed by atoms with Gasteiger partial charge in [-0.1, -0.05) is 11.6 Å². The van der Waals surface area contributed by atoms with E-state index in [1.54, 1.807) is 17.9 Å². The molecule has 1 unspecified atom stereocenters. The number of aryl methyl sites for hydroxylation is 1. The van der Waals surface area contributed by atoms with Crippen LogP contribution in [0, 0.1) is 6.92 Å². The third-order valence-electron chi connectivity index (χ3n) is 4.49. The van der Waals surface area contributed by atoms with E-state index in [1.807, 2.05) is 0 Å². The van der Waals surface area contributed by atoms with E-state index >= 15 is 0 Å². The van der Waals surface area contributed by atoms with Crippen molar-refractivity contribution in [3.05, 3.63) is 46.2 Å². The van der Waals surface area contributed by atoms with Crippen LogP contribution in [0.25, 0.3) is 0 Å². The number of halogens is 4. The molecule has 0 saturated carbocycles. The third-order valence-corrected chi connectivity index (χ3v) is 4.77. The summed E-state index contributed by atoms with van der Waals surface area (Å²) in [6.07, 6.45) is -3.20. The van der Waals surface area contributed by atoms with Crippen molar-refractivity contribution in [1.29, 1.82) is 0 Å². The third kappa shape index (κ3) is 5.18. The lowest BCUT2D eigenvalue weighted by atomic mass is 10.2. The van der Waals surface area contributed by atoms with Crippen LogP contribution in [-0.2, 0) is 11.0 Å². The molecule has 3 rings (SSSR count). The second-order valence-corrected chi connectivity index (χ2v) is 7.40. The van der Waals surface area contributed by atoms with Crippen LogP contribution in [0.5, 0.6) is 0 Å². The predicted octanol–water partition coefficient (Wildman–Crippen LogP) is 3.42. The molecule has 0 bridgehead atoms. The molecule has 2 aromatic heterocycles.